The highest BCUT2D eigenvalue weighted by Gasteiger charge is 2.24. The van der Waals surface area contributed by atoms with Crippen LogP contribution in [-0.2, 0) is 31.8 Å². The summed E-state index contributed by atoms with van der Waals surface area (Å²) in [5.41, 5.74) is 0.253. The Morgan fingerprint density at radius 1 is 1.06 bits per heavy atom. The Hall–Kier alpha value is -4.41. The minimum Gasteiger partial charge on any atom is -0.494 e. The fourth-order valence-corrected chi connectivity index (χ4v) is 4.02. The summed E-state index contributed by atoms with van der Waals surface area (Å²) in [6, 6.07) is 6.62. The Kier molecular flexibility index (Phi) is 6.40. The van der Waals surface area contributed by atoms with Crippen LogP contribution in [0.3, 0.4) is 0 Å². The number of ether oxygens (including phenoxy) is 1. The van der Waals surface area contributed by atoms with Crippen molar-refractivity contribution in [1.82, 2.24) is 23.1 Å². The molecule has 0 bridgehead atoms. The molecule has 0 aliphatic heterocycles. The third-order valence-corrected chi connectivity index (χ3v) is 5.99. The van der Waals surface area contributed by atoms with E-state index in [4.69, 9.17) is 4.74 Å². The van der Waals surface area contributed by atoms with E-state index in [1.54, 1.807) is 37.3 Å². The van der Waals surface area contributed by atoms with Gasteiger partial charge in [0.1, 0.15) is 0 Å². The van der Waals surface area contributed by atoms with Gasteiger partial charge in [-0.2, -0.15) is 4.98 Å². The van der Waals surface area contributed by atoms with Crippen molar-refractivity contribution in [3.8, 4) is 5.88 Å². The number of esters is 1. The SMILES string of the molecule is CCOC(=O)c1ccc(Cn2c(O)c(CC=C(C)C)c(=O)n3c4c(=O)n(C)c(=O)n(C)c4nc23)cc1. The normalized spacial score (nSPS) is 11.2. The number of rotatable bonds is 6. The lowest BCUT2D eigenvalue weighted by Crippen LogP contribution is -2.38. The van der Waals surface area contributed by atoms with Crippen LogP contribution in [0.2, 0.25) is 0 Å². The van der Waals surface area contributed by atoms with Gasteiger partial charge in [0, 0.05) is 20.5 Å². The molecule has 11 heteroatoms. The first kappa shape index (κ1) is 24.7. The molecule has 188 valence electrons. The number of allylic oxidation sites excluding steroid dienone is 2. The third-order valence-electron chi connectivity index (χ3n) is 5.99. The quantitative estimate of drug-likeness (QED) is 0.318. The van der Waals surface area contributed by atoms with Crippen molar-refractivity contribution >= 4 is 22.9 Å². The summed E-state index contributed by atoms with van der Waals surface area (Å²) >= 11 is 0. The van der Waals surface area contributed by atoms with Crippen molar-refractivity contribution in [3.05, 3.63) is 83.8 Å². The number of imidazole rings is 1. The van der Waals surface area contributed by atoms with Gasteiger partial charge in [0.05, 0.1) is 24.3 Å². The molecular formula is C25H27N5O6. The number of carbonyl (C=O) groups excluding carboxylic acids is 1. The predicted molar refractivity (Wildman–Crippen MR) is 134 cm³/mol. The first-order valence-corrected chi connectivity index (χ1v) is 11.4. The molecule has 0 aliphatic rings. The van der Waals surface area contributed by atoms with E-state index in [1.165, 1.54) is 23.2 Å². The molecule has 3 aromatic heterocycles. The van der Waals surface area contributed by atoms with Gasteiger partial charge in [-0.05, 0) is 38.5 Å². The van der Waals surface area contributed by atoms with Gasteiger partial charge in [-0.1, -0.05) is 23.8 Å². The van der Waals surface area contributed by atoms with Crippen molar-refractivity contribution in [2.24, 2.45) is 14.1 Å². The van der Waals surface area contributed by atoms with E-state index < -0.39 is 22.8 Å². The average Bonchev–Trinajstić information content (AvgIpc) is 3.25. The van der Waals surface area contributed by atoms with Crippen molar-refractivity contribution in [2.75, 3.05) is 6.61 Å². The second kappa shape index (κ2) is 9.33. The molecule has 0 fully saturated rings. The molecule has 0 radical (unpaired) electrons. The standard InChI is InChI=1S/C25H27N5O6/c1-6-36-23(34)16-10-8-15(9-11-16)13-29-20(31)17(12-7-14(2)3)21(32)30-18-19(26-24(29)30)27(4)25(35)28(5)22(18)33/h7-11,31H,6,12-13H2,1-5H3. The molecule has 4 rings (SSSR count). The maximum absolute atomic E-state index is 13.5. The van der Waals surface area contributed by atoms with Crippen molar-refractivity contribution in [1.29, 1.82) is 0 Å². The maximum atomic E-state index is 13.5. The monoisotopic (exact) mass is 493 g/mol. The second-order valence-corrected chi connectivity index (χ2v) is 8.72. The summed E-state index contributed by atoms with van der Waals surface area (Å²) in [6.45, 7) is 5.81. The lowest BCUT2D eigenvalue weighted by molar-refractivity contribution is 0.0526. The molecule has 0 saturated carbocycles. The molecule has 0 unspecified atom stereocenters. The van der Waals surface area contributed by atoms with Crippen molar-refractivity contribution in [2.45, 2.75) is 33.7 Å². The van der Waals surface area contributed by atoms with Crippen LogP contribution >= 0.6 is 0 Å². The number of benzene rings is 1. The number of hydrogen-bond donors (Lipinski definition) is 1. The highest BCUT2D eigenvalue weighted by Crippen LogP contribution is 2.22. The van der Waals surface area contributed by atoms with Gasteiger partial charge in [-0.25, -0.2) is 14.0 Å². The van der Waals surface area contributed by atoms with E-state index in [9.17, 15) is 24.3 Å². The number of fused-ring (bicyclic) bond motifs is 3. The molecule has 3 heterocycles. The van der Waals surface area contributed by atoms with E-state index in [-0.39, 0.29) is 48.0 Å². The molecule has 36 heavy (non-hydrogen) atoms. The Labute approximate surface area is 205 Å². The molecule has 11 nitrogen and oxygen atoms in total. The largest absolute Gasteiger partial charge is 0.494 e. The summed E-state index contributed by atoms with van der Waals surface area (Å²) in [5.74, 6) is -0.726. The predicted octanol–water partition coefficient (Wildman–Crippen LogP) is 1.49. The minimum atomic E-state index is -0.665. The number of hydrogen-bond acceptors (Lipinski definition) is 7. The molecule has 0 aliphatic carbocycles. The molecule has 1 N–H and O–H groups in total. The van der Waals surface area contributed by atoms with Gasteiger partial charge < -0.3 is 9.84 Å². The van der Waals surface area contributed by atoms with Crippen molar-refractivity contribution < 1.29 is 14.6 Å². The Morgan fingerprint density at radius 2 is 1.72 bits per heavy atom. The summed E-state index contributed by atoms with van der Waals surface area (Å²) in [5, 5.41) is 11.2. The molecule has 0 spiro atoms. The zero-order chi connectivity index (χ0) is 26.3. The first-order valence-electron chi connectivity index (χ1n) is 11.4. The Balaban J connectivity index is 2.01. The van der Waals surface area contributed by atoms with Crippen LogP contribution in [0.4, 0.5) is 0 Å². The van der Waals surface area contributed by atoms with E-state index in [0.717, 1.165) is 14.5 Å². The third kappa shape index (κ3) is 4.02. The lowest BCUT2D eigenvalue weighted by Gasteiger charge is -2.14. The van der Waals surface area contributed by atoms with Gasteiger partial charge in [0.25, 0.3) is 11.1 Å². The van der Waals surface area contributed by atoms with Gasteiger partial charge in [0.2, 0.25) is 11.7 Å². The summed E-state index contributed by atoms with van der Waals surface area (Å²) in [4.78, 5) is 55.5. The van der Waals surface area contributed by atoms with Gasteiger partial charge in [0.15, 0.2) is 11.2 Å². The van der Waals surface area contributed by atoms with Crippen LogP contribution in [0.5, 0.6) is 5.88 Å². The first-order chi connectivity index (χ1) is 17.1. The van der Waals surface area contributed by atoms with E-state index >= 15 is 0 Å². The van der Waals surface area contributed by atoms with Crippen LogP contribution in [0.15, 0.2) is 50.3 Å². The number of aromatic hydroxyl groups is 1. The van der Waals surface area contributed by atoms with Crippen LogP contribution in [-0.4, -0.2) is 40.8 Å². The molecule has 4 aromatic rings. The Morgan fingerprint density at radius 3 is 2.33 bits per heavy atom. The van der Waals surface area contributed by atoms with E-state index in [0.29, 0.717) is 11.1 Å². The van der Waals surface area contributed by atoms with Crippen LogP contribution < -0.4 is 16.8 Å². The lowest BCUT2D eigenvalue weighted by atomic mass is 10.1. The number of nitrogens with zero attached hydrogens (tertiary/aromatic N) is 5. The zero-order valence-corrected chi connectivity index (χ0v) is 20.7. The molecule has 0 atom stereocenters. The van der Waals surface area contributed by atoms with Crippen molar-refractivity contribution in [3.63, 3.8) is 0 Å². The van der Waals surface area contributed by atoms with Crippen LogP contribution in [0, 0.1) is 0 Å². The number of aromatic nitrogens is 5. The number of carbonyl (C=O) groups is 1. The topological polar surface area (TPSA) is 130 Å². The van der Waals surface area contributed by atoms with Gasteiger partial charge in [-0.15, -0.1) is 0 Å². The molecule has 0 saturated heterocycles. The fraction of sp³-hybridized carbons (Fsp3) is 0.320. The Bertz CT molecular complexity index is 1710. The second-order valence-electron chi connectivity index (χ2n) is 8.72. The van der Waals surface area contributed by atoms with E-state index in [2.05, 4.69) is 4.98 Å². The smallest absolute Gasteiger partial charge is 0.338 e. The van der Waals surface area contributed by atoms with E-state index in [1.807, 2.05) is 13.8 Å². The van der Waals surface area contributed by atoms with Crippen LogP contribution in [0.1, 0.15) is 42.3 Å². The highest BCUT2D eigenvalue weighted by molar-refractivity contribution is 5.89. The summed E-state index contributed by atoms with van der Waals surface area (Å²) < 4.78 is 9.69. The van der Waals surface area contributed by atoms with Gasteiger partial charge >= 0.3 is 11.7 Å². The van der Waals surface area contributed by atoms with Crippen LogP contribution in [0.25, 0.3) is 16.9 Å². The maximum Gasteiger partial charge on any atom is 0.338 e. The number of aryl methyl sites for hydroxylation is 1. The average molecular weight is 494 g/mol. The highest BCUT2D eigenvalue weighted by atomic mass is 16.5. The minimum absolute atomic E-state index is 0.0150. The molecular weight excluding hydrogens is 466 g/mol. The molecule has 0 amide bonds. The summed E-state index contributed by atoms with van der Waals surface area (Å²) in [7, 11) is 2.79. The van der Waals surface area contributed by atoms with Gasteiger partial charge in [-0.3, -0.25) is 23.3 Å². The summed E-state index contributed by atoms with van der Waals surface area (Å²) in [6.07, 6.45) is 1.93. The molecule has 1 aromatic carbocycles. The fourth-order valence-electron chi connectivity index (χ4n) is 4.02. The zero-order valence-electron chi connectivity index (χ0n) is 20.7.